The molecule has 1 saturated heterocycles. The van der Waals surface area contributed by atoms with Crippen LogP contribution in [0.2, 0.25) is 0 Å². The average molecular weight is 150 g/mol. The number of nitrogens with zero attached hydrogens (tertiary/aromatic N) is 1. The summed E-state index contributed by atoms with van der Waals surface area (Å²) in [5.41, 5.74) is 0. The molecular formula is C7H13F2N. The van der Waals surface area contributed by atoms with Gasteiger partial charge >= 0.3 is 0 Å². The van der Waals surface area contributed by atoms with E-state index in [-0.39, 0.29) is 6.40 Å². The summed E-state index contributed by atoms with van der Waals surface area (Å²) in [6.07, 6.45) is -2.33. The summed E-state index contributed by atoms with van der Waals surface area (Å²) in [4.78, 5) is 1.90. The van der Waals surface area contributed by atoms with E-state index in [9.17, 15) is 8.78 Å². The molecule has 0 saturated carbocycles. The summed E-state index contributed by atoms with van der Waals surface area (Å²) in [5, 5.41) is 0. The van der Waals surface area contributed by atoms with Crippen LogP contribution in [0.5, 0.6) is 0 Å². The third-order valence-corrected chi connectivity index (χ3v) is 1.78. The maximum absolute atomic E-state index is 11.9. The van der Waals surface area contributed by atoms with Crippen LogP contribution in [0.15, 0.2) is 0 Å². The highest BCUT2D eigenvalue weighted by molar-refractivity contribution is 4.80. The molecule has 0 aliphatic carbocycles. The Labute approximate surface area is 61.4 Å². The largest absolute Gasteiger partial charge is 0.302 e. The highest BCUT2D eigenvalue weighted by atomic mass is 19.3. The fourth-order valence-corrected chi connectivity index (χ4v) is 1.18. The van der Waals surface area contributed by atoms with Crippen LogP contribution >= 0.6 is 0 Å². The summed E-state index contributed by atoms with van der Waals surface area (Å²) < 4.78 is 31.0. The molecule has 0 aromatic carbocycles. The third-order valence-electron chi connectivity index (χ3n) is 1.78. The molecule has 1 rings (SSSR count). The minimum atomic E-state index is -2.17. The van der Waals surface area contributed by atoms with Gasteiger partial charge in [0.05, 0.1) is 0 Å². The van der Waals surface area contributed by atoms with E-state index >= 15 is 0 Å². The molecule has 1 nitrogen and oxygen atoms in total. The molecule has 0 radical (unpaired) electrons. The topological polar surface area (TPSA) is 3.24 Å². The van der Waals surface area contributed by atoms with Crippen molar-refractivity contribution in [3.63, 3.8) is 0 Å². The fourth-order valence-electron chi connectivity index (χ4n) is 1.18. The number of alkyl halides is 2. The van der Waals surface area contributed by atoms with Gasteiger partial charge < -0.3 is 4.90 Å². The molecule has 0 N–H and O–H groups in total. The lowest BCUT2D eigenvalue weighted by molar-refractivity contribution is -0.0238. The van der Waals surface area contributed by atoms with Gasteiger partial charge in [-0.1, -0.05) is 6.92 Å². The Morgan fingerprint density at radius 1 is 1.70 bits per heavy atom. The molecule has 0 aromatic rings. The molecule has 1 atom stereocenters. The molecule has 3 heteroatoms. The van der Waals surface area contributed by atoms with E-state index in [0.29, 0.717) is 19.6 Å². The first kappa shape index (κ1) is 6.53. The Morgan fingerprint density at radius 2 is 2.30 bits per heavy atom. The maximum Gasteiger partial charge on any atom is 0.243 e. The highest BCUT2D eigenvalue weighted by Gasteiger charge is 2.32. The Balaban J connectivity index is 2.09. The SMILES string of the molecule is [2H][C@@H](C)CN1CC(C(F)F)C1. The van der Waals surface area contributed by atoms with E-state index in [4.69, 9.17) is 1.37 Å². The van der Waals surface area contributed by atoms with E-state index in [1.807, 2.05) is 4.90 Å². The molecular weight excluding hydrogens is 136 g/mol. The Bertz CT molecular complexity index is 124. The van der Waals surface area contributed by atoms with Gasteiger partial charge in [-0.2, -0.15) is 0 Å². The van der Waals surface area contributed by atoms with Gasteiger partial charge in [-0.3, -0.25) is 0 Å². The summed E-state index contributed by atoms with van der Waals surface area (Å²) in [6.45, 7) is 3.35. The van der Waals surface area contributed by atoms with Gasteiger partial charge in [0.2, 0.25) is 6.43 Å². The zero-order chi connectivity index (χ0) is 8.43. The minimum Gasteiger partial charge on any atom is -0.302 e. The van der Waals surface area contributed by atoms with Crippen LogP contribution in [0.1, 0.15) is 14.7 Å². The summed E-state index contributed by atoms with van der Waals surface area (Å²) in [5.74, 6) is -0.436. The van der Waals surface area contributed by atoms with Crippen LogP contribution in [-0.4, -0.2) is 31.0 Å². The quantitative estimate of drug-likeness (QED) is 0.590. The third kappa shape index (κ3) is 1.66. The van der Waals surface area contributed by atoms with E-state index in [1.54, 1.807) is 6.92 Å². The van der Waals surface area contributed by atoms with Crippen molar-refractivity contribution in [2.45, 2.75) is 19.7 Å². The van der Waals surface area contributed by atoms with Gasteiger partial charge in [-0.25, -0.2) is 8.78 Å². The van der Waals surface area contributed by atoms with E-state index in [0.717, 1.165) is 0 Å². The Morgan fingerprint density at radius 3 is 2.70 bits per heavy atom. The lowest BCUT2D eigenvalue weighted by Gasteiger charge is -2.38. The van der Waals surface area contributed by atoms with Gasteiger partial charge in [0.25, 0.3) is 0 Å². The normalized spacial score (nSPS) is 26.2. The zero-order valence-electron chi connectivity index (χ0n) is 7.06. The van der Waals surface area contributed by atoms with Crippen molar-refractivity contribution >= 4 is 0 Å². The van der Waals surface area contributed by atoms with Crippen LogP contribution in [0.25, 0.3) is 0 Å². The van der Waals surface area contributed by atoms with Crippen LogP contribution in [-0.2, 0) is 0 Å². The van der Waals surface area contributed by atoms with Gasteiger partial charge in [0.15, 0.2) is 0 Å². The molecule has 60 valence electrons. The molecule has 0 spiro atoms. The van der Waals surface area contributed by atoms with E-state index in [1.165, 1.54) is 0 Å². The Hall–Kier alpha value is -0.180. The zero-order valence-corrected chi connectivity index (χ0v) is 6.06. The van der Waals surface area contributed by atoms with Crippen molar-refractivity contribution in [1.82, 2.24) is 4.90 Å². The highest BCUT2D eigenvalue weighted by Crippen LogP contribution is 2.21. The molecule has 1 aliphatic heterocycles. The average Bonchev–Trinajstić information content (AvgIpc) is 1.75. The van der Waals surface area contributed by atoms with Crippen molar-refractivity contribution in [1.29, 1.82) is 0 Å². The monoisotopic (exact) mass is 150 g/mol. The second-order valence-electron chi connectivity index (χ2n) is 2.72. The van der Waals surface area contributed by atoms with Crippen LogP contribution < -0.4 is 0 Å². The maximum atomic E-state index is 11.9. The number of halogens is 2. The lowest BCUT2D eigenvalue weighted by Crippen LogP contribution is -2.49. The van der Waals surface area contributed by atoms with Crippen molar-refractivity contribution in [2.24, 2.45) is 5.92 Å². The second-order valence-corrected chi connectivity index (χ2v) is 2.72. The summed E-state index contributed by atoms with van der Waals surface area (Å²) in [7, 11) is 0. The van der Waals surface area contributed by atoms with Crippen LogP contribution in [0.4, 0.5) is 8.78 Å². The first-order valence-corrected chi connectivity index (χ1v) is 3.52. The molecule has 1 heterocycles. The van der Waals surface area contributed by atoms with Crippen molar-refractivity contribution in [3.8, 4) is 0 Å². The molecule has 1 aliphatic rings. The standard InChI is InChI=1S/C7H13F2N/c1-2-3-10-4-6(5-10)7(8)9/h6-7H,2-5H2,1H3/i2D/t2-/m0/s1. The van der Waals surface area contributed by atoms with Gasteiger partial charge in [0, 0.05) is 20.4 Å². The number of rotatable bonds is 3. The molecule has 0 bridgehead atoms. The predicted molar refractivity (Wildman–Crippen MR) is 36.2 cm³/mol. The van der Waals surface area contributed by atoms with Crippen LogP contribution in [0, 0.1) is 5.92 Å². The fraction of sp³-hybridized carbons (Fsp3) is 1.00. The predicted octanol–water partition coefficient (Wildman–Crippen LogP) is 1.59. The molecule has 0 amide bonds. The number of hydrogen-bond donors (Lipinski definition) is 0. The van der Waals surface area contributed by atoms with Crippen molar-refractivity contribution < 1.29 is 10.2 Å². The summed E-state index contributed by atoms with van der Waals surface area (Å²) >= 11 is 0. The van der Waals surface area contributed by atoms with Crippen molar-refractivity contribution in [3.05, 3.63) is 0 Å². The number of likely N-dealkylation sites (tertiary alicyclic amines) is 1. The second kappa shape index (κ2) is 3.28. The minimum absolute atomic E-state index is 0.159. The molecule has 1 fully saturated rings. The van der Waals surface area contributed by atoms with Gasteiger partial charge in [0.1, 0.15) is 0 Å². The molecule has 10 heavy (non-hydrogen) atoms. The smallest absolute Gasteiger partial charge is 0.243 e. The van der Waals surface area contributed by atoms with Crippen molar-refractivity contribution in [2.75, 3.05) is 19.6 Å². The lowest BCUT2D eigenvalue weighted by atomic mass is 10.0. The number of hydrogen-bond acceptors (Lipinski definition) is 1. The first-order valence-electron chi connectivity index (χ1n) is 4.10. The first-order chi connectivity index (χ1) is 5.09. The van der Waals surface area contributed by atoms with E-state index in [2.05, 4.69) is 0 Å². The Kier molecular flexibility index (Phi) is 2.14. The molecule has 0 unspecified atom stereocenters. The molecule has 0 aromatic heterocycles. The summed E-state index contributed by atoms with van der Waals surface area (Å²) in [6, 6.07) is 0. The van der Waals surface area contributed by atoms with Crippen LogP contribution in [0.3, 0.4) is 0 Å². The van der Waals surface area contributed by atoms with E-state index < -0.39 is 12.3 Å². The van der Waals surface area contributed by atoms with Gasteiger partial charge in [-0.05, 0) is 12.9 Å². The van der Waals surface area contributed by atoms with Gasteiger partial charge in [-0.15, -0.1) is 0 Å².